The number of hydrogen-bond donors (Lipinski definition) is 0. The van der Waals surface area contributed by atoms with Crippen LogP contribution in [0, 0.1) is 5.92 Å². The van der Waals surface area contributed by atoms with Gasteiger partial charge in [-0.05, 0) is 106 Å². The van der Waals surface area contributed by atoms with Crippen LogP contribution in [-0.4, -0.2) is 62.9 Å². The minimum atomic E-state index is -0.374. The van der Waals surface area contributed by atoms with Crippen LogP contribution < -0.4 is 4.90 Å². The van der Waals surface area contributed by atoms with Crippen LogP contribution in [0.25, 0.3) is 0 Å². The predicted molar refractivity (Wildman–Crippen MR) is 157 cm³/mol. The molecule has 0 heterocycles. The Morgan fingerprint density at radius 2 is 1.33 bits per heavy atom. The van der Waals surface area contributed by atoms with E-state index < -0.39 is 0 Å². The Kier molecular flexibility index (Phi) is 9.27. The molecule has 0 bridgehead atoms. The van der Waals surface area contributed by atoms with Gasteiger partial charge in [0.15, 0.2) is 0 Å². The van der Waals surface area contributed by atoms with Crippen LogP contribution in [-0.2, 0) is 0 Å². The maximum absolute atomic E-state index is 3.00. The summed E-state index contributed by atoms with van der Waals surface area (Å²) in [6, 6.07) is 12.9. The zero-order chi connectivity index (χ0) is 26.9. The molecule has 2 fully saturated rings. The Morgan fingerprint density at radius 3 is 1.72 bits per heavy atom. The molecule has 1 atom stereocenters. The van der Waals surface area contributed by atoms with Gasteiger partial charge in [-0.3, -0.25) is 4.90 Å². The average Bonchev–Trinajstić information content (AvgIpc) is 3.46. The van der Waals surface area contributed by atoms with Crippen molar-refractivity contribution in [1.82, 2.24) is 14.7 Å². The fourth-order valence-electron chi connectivity index (χ4n) is 7.26. The summed E-state index contributed by atoms with van der Waals surface area (Å²) in [5.74, 6) is 0.222. The van der Waals surface area contributed by atoms with E-state index in [4.69, 9.17) is 0 Å². The van der Waals surface area contributed by atoms with Crippen molar-refractivity contribution in [3.63, 3.8) is 0 Å². The Hall–Kier alpha value is -1.10. The molecule has 0 amide bonds. The zero-order valence-electron chi connectivity index (χ0n) is 25.6. The smallest absolute Gasteiger partial charge is 0.214 e. The quantitative estimate of drug-likeness (QED) is 0.289. The van der Waals surface area contributed by atoms with Crippen LogP contribution in [0.2, 0.25) is 0 Å². The van der Waals surface area contributed by atoms with Gasteiger partial charge in [-0.2, -0.15) is 0 Å². The minimum Gasteiger partial charge on any atom is -0.328 e. The van der Waals surface area contributed by atoms with E-state index in [1.807, 2.05) is 0 Å². The van der Waals surface area contributed by atoms with Gasteiger partial charge in [-0.1, -0.05) is 44.9 Å². The molecule has 1 aromatic carbocycles. The lowest BCUT2D eigenvalue weighted by Crippen LogP contribution is -2.85. The molecule has 0 spiro atoms. The van der Waals surface area contributed by atoms with Crippen LogP contribution in [0.5, 0.6) is 0 Å². The molecule has 0 N–H and O–H groups in total. The Morgan fingerprint density at radius 1 is 0.778 bits per heavy atom. The van der Waals surface area contributed by atoms with Crippen LogP contribution in [0.1, 0.15) is 115 Å². The van der Waals surface area contributed by atoms with Gasteiger partial charge in [0.25, 0.3) is 0 Å². The number of benzene rings is 1. The van der Waals surface area contributed by atoms with E-state index in [9.17, 15) is 0 Å². The number of hydrogen-bond acceptors (Lipinski definition) is 4. The van der Waals surface area contributed by atoms with Crippen molar-refractivity contribution >= 4 is 5.69 Å². The lowest BCUT2D eigenvalue weighted by molar-refractivity contribution is -0.251. The normalized spacial score (nSPS) is 19.8. The summed E-state index contributed by atoms with van der Waals surface area (Å²) >= 11 is 0. The first-order valence-electron chi connectivity index (χ1n) is 14.9. The van der Waals surface area contributed by atoms with Crippen LogP contribution in [0.15, 0.2) is 30.3 Å². The number of anilines is 1. The van der Waals surface area contributed by atoms with Gasteiger partial charge in [0.1, 0.15) is 0 Å². The molecule has 3 rings (SSSR count). The summed E-state index contributed by atoms with van der Waals surface area (Å²) < 4.78 is 0. The van der Waals surface area contributed by atoms with Crippen molar-refractivity contribution in [2.75, 3.05) is 18.0 Å². The molecule has 4 heteroatoms. The van der Waals surface area contributed by atoms with E-state index in [-0.39, 0.29) is 17.0 Å². The number of para-hydroxylation sites is 1. The highest BCUT2D eigenvalue weighted by molar-refractivity contribution is 5.49. The Balaban J connectivity index is 2.48. The van der Waals surface area contributed by atoms with Gasteiger partial charge < -0.3 is 4.90 Å². The molecule has 1 unspecified atom stereocenters. The van der Waals surface area contributed by atoms with E-state index in [0.717, 1.165) is 13.1 Å². The summed E-state index contributed by atoms with van der Waals surface area (Å²) in [7, 11) is 0. The lowest BCUT2D eigenvalue weighted by atomic mass is 9.93. The van der Waals surface area contributed by atoms with E-state index in [1.54, 1.807) is 0 Å². The molecular weight excluding hydrogens is 440 g/mol. The predicted octanol–water partition coefficient (Wildman–Crippen LogP) is 7.80. The first-order chi connectivity index (χ1) is 16.8. The summed E-state index contributed by atoms with van der Waals surface area (Å²) in [5.41, 5.74) is 1.30. The van der Waals surface area contributed by atoms with Gasteiger partial charge in [-0.25, -0.2) is 9.80 Å². The molecule has 2 saturated carbocycles. The van der Waals surface area contributed by atoms with Crippen molar-refractivity contribution in [2.24, 2.45) is 5.92 Å². The fourth-order valence-corrected chi connectivity index (χ4v) is 7.26. The van der Waals surface area contributed by atoms with Crippen molar-refractivity contribution in [1.29, 1.82) is 0 Å². The van der Waals surface area contributed by atoms with Crippen molar-refractivity contribution in [2.45, 2.75) is 150 Å². The maximum atomic E-state index is 3.00. The summed E-state index contributed by atoms with van der Waals surface area (Å²) in [5, 5.41) is 0. The summed E-state index contributed by atoms with van der Waals surface area (Å²) in [4.78, 5) is 11.6. The second-order valence-electron chi connectivity index (χ2n) is 14.1. The minimum absolute atomic E-state index is 0.000281. The summed E-state index contributed by atoms with van der Waals surface area (Å²) in [6.07, 6.45) is 7.88. The highest BCUT2D eigenvalue weighted by Crippen LogP contribution is 2.49. The Labute approximate surface area is 224 Å². The topological polar surface area (TPSA) is 13.0 Å². The van der Waals surface area contributed by atoms with E-state index in [1.165, 1.54) is 44.2 Å². The van der Waals surface area contributed by atoms with Gasteiger partial charge >= 0.3 is 0 Å². The molecule has 4 nitrogen and oxygen atoms in total. The van der Waals surface area contributed by atoms with Crippen molar-refractivity contribution in [3.8, 4) is 0 Å². The Bertz CT molecular complexity index is 796. The molecule has 0 aromatic heterocycles. The van der Waals surface area contributed by atoms with Crippen molar-refractivity contribution < 1.29 is 0 Å². The van der Waals surface area contributed by atoms with Gasteiger partial charge in [0, 0.05) is 48.0 Å². The van der Waals surface area contributed by atoms with Crippen LogP contribution in [0.3, 0.4) is 0 Å². The van der Waals surface area contributed by atoms with E-state index >= 15 is 0 Å². The average molecular weight is 499 g/mol. The van der Waals surface area contributed by atoms with Crippen LogP contribution in [0.4, 0.5) is 5.69 Å². The van der Waals surface area contributed by atoms with Crippen LogP contribution >= 0.6 is 0 Å². The van der Waals surface area contributed by atoms with Gasteiger partial charge in [0.05, 0.1) is 0 Å². The van der Waals surface area contributed by atoms with Crippen molar-refractivity contribution in [3.05, 3.63) is 30.3 Å². The van der Waals surface area contributed by atoms with Gasteiger partial charge in [-0.15, -0.1) is 0 Å². The monoisotopic (exact) mass is 498 g/mol. The molecule has 2 aliphatic rings. The molecule has 206 valence electrons. The molecule has 2 aliphatic carbocycles. The lowest BCUT2D eigenvalue weighted by Gasteiger charge is -2.69. The van der Waals surface area contributed by atoms with Gasteiger partial charge in [0.2, 0.25) is 5.91 Å². The number of rotatable bonds is 11. The summed E-state index contributed by atoms with van der Waals surface area (Å²) in [6.45, 7) is 28.9. The molecule has 0 aliphatic heterocycles. The van der Waals surface area contributed by atoms with E-state index in [0.29, 0.717) is 24.0 Å². The third kappa shape index (κ3) is 5.97. The molecule has 0 saturated heterocycles. The zero-order valence-corrected chi connectivity index (χ0v) is 25.6. The largest absolute Gasteiger partial charge is 0.328 e. The second-order valence-corrected chi connectivity index (χ2v) is 14.1. The second kappa shape index (κ2) is 11.3. The SMILES string of the molecule is CCN(c1ccccc1)C(N(CC(C)C)C1CC1)(N(C(C)C)C(C)(C)C)N(C1CCCC1)C(C)(C)C. The third-order valence-electron chi connectivity index (χ3n) is 7.98. The first kappa shape index (κ1) is 29.5. The standard InChI is InChI=1S/C32H58N4/c1-12-33(27-18-14-13-15-19-27)32(35(26(4)5)30(6,7)8,34(24-25(2)3)28-22-23-28)36(31(9,10)11)29-20-16-17-21-29/h13-15,18-19,25-26,28-29H,12,16-17,20-24H2,1-11H3. The maximum Gasteiger partial charge on any atom is 0.214 e. The highest BCUT2D eigenvalue weighted by Gasteiger charge is 2.62. The fraction of sp³-hybridized carbons (Fsp3) is 0.812. The number of nitrogens with zero attached hydrogens (tertiary/aromatic N) is 4. The molecule has 36 heavy (non-hydrogen) atoms. The van der Waals surface area contributed by atoms with E-state index in [2.05, 4.69) is 126 Å². The highest BCUT2D eigenvalue weighted by atomic mass is 15.7. The first-order valence-corrected chi connectivity index (χ1v) is 14.9. The molecule has 0 radical (unpaired) electrons. The third-order valence-corrected chi connectivity index (χ3v) is 7.98. The molecule has 1 aromatic rings. The molecular formula is C32H58N4.